The van der Waals surface area contributed by atoms with E-state index in [9.17, 15) is 0 Å². The molecule has 3 heteroatoms. The van der Waals surface area contributed by atoms with Crippen LogP contribution in [0.15, 0.2) is 60.7 Å². The molecule has 1 fully saturated rings. The molecule has 0 aromatic heterocycles. The van der Waals surface area contributed by atoms with Crippen LogP contribution in [-0.2, 0) is 20.1 Å². The van der Waals surface area contributed by atoms with Gasteiger partial charge in [0, 0.05) is 6.42 Å². The Morgan fingerprint density at radius 3 is 1.81 bits per heavy atom. The molecule has 1 aliphatic rings. The van der Waals surface area contributed by atoms with Gasteiger partial charge in [-0.3, -0.25) is 0 Å². The second-order valence-electron chi connectivity index (χ2n) is 5.72. The molecule has 0 amide bonds. The Labute approximate surface area is 125 Å². The average Bonchev–Trinajstić information content (AvgIpc) is 2.68. The first-order chi connectivity index (χ1) is 10.1. The second-order valence-corrected chi connectivity index (χ2v) is 5.72. The average molecular weight is 284 g/mol. The van der Waals surface area contributed by atoms with E-state index < -0.39 is 11.4 Å². The fourth-order valence-electron chi connectivity index (χ4n) is 2.64. The van der Waals surface area contributed by atoms with Gasteiger partial charge in [0.1, 0.15) is 0 Å². The first kappa shape index (κ1) is 14.3. The number of ether oxygens (including phenoxy) is 1. The molecule has 0 unspecified atom stereocenters. The molecule has 21 heavy (non-hydrogen) atoms. The van der Waals surface area contributed by atoms with Crippen LogP contribution in [0, 0.1) is 0 Å². The summed E-state index contributed by atoms with van der Waals surface area (Å²) in [6.07, 6.45) is 0.699. The summed E-state index contributed by atoms with van der Waals surface area (Å²) in [4.78, 5) is 11.5. The van der Waals surface area contributed by atoms with E-state index in [2.05, 4.69) is 24.3 Å². The minimum atomic E-state index is -0.745. The quantitative estimate of drug-likeness (QED) is 0.779. The van der Waals surface area contributed by atoms with Crippen molar-refractivity contribution in [2.24, 2.45) is 0 Å². The topological polar surface area (TPSA) is 27.7 Å². The molecule has 0 aliphatic carbocycles. The van der Waals surface area contributed by atoms with Gasteiger partial charge in [-0.2, -0.15) is 0 Å². The van der Waals surface area contributed by atoms with Crippen molar-refractivity contribution in [3.05, 3.63) is 71.8 Å². The molecule has 1 aliphatic heterocycles. The minimum absolute atomic E-state index is 0.566. The van der Waals surface area contributed by atoms with E-state index in [1.54, 1.807) is 0 Å². The summed E-state index contributed by atoms with van der Waals surface area (Å²) in [5.74, 6) is -0.745. The van der Waals surface area contributed by atoms with Gasteiger partial charge in [-0.25, -0.2) is 9.78 Å². The zero-order valence-corrected chi connectivity index (χ0v) is 12.4. The highest BCUT2D eigenvalue weighted by Crippen LogP contribution is 2.40. The molecular weight excluding hydrogens is 264 g/mol. The molecule has 0 saturated carbocycles. The number of hydrogen-bond donors (Lipinski definition) is 0. The van der Waals surface area contributed by atoms with Crippen LogP contribution in [0.3, 0.4) is 0 Å². The van der Waals surface area contributed by atoms with Crippen molar-refractivity contribution >= 4 is 0 Å². The lowest BCUT2D eigenvalue weighted by Gasteiger charge is -2.32. The molecule has 2 aromatic rings. The Bertz CT molecular complexity index is 538. The maximum atomic E-state index is 5.95. The third kappa shape index (κ3) is 2.86. The highest BCUT2D eigenvalue weighted by molar-refractivity contribution is 5.36. The van der Waals surface area contributed by atoms with Gasteiger partial charge in [-0.1, -0.05) is 60.7 Å². The van der Waals surface area contributed by atoms with E-state index in [4.69, 9.17) is 14.5 Å². The summed E-state index contributed by atoms with van der Waals surface area (Å²) in [6.45, 7) is 4.29. The van der Waals surface area contributed by atoms with Crippen LogP contribution >= 0.6 is 0 Å². The predicted octanol–water partition coefficient (Wildman–Crippen LogP) is 4.03. The maximum absolute atomic E-state index is 5.95. The molecule has 2 aromatic carbocycles. The highest BCUT2D eigenvalue weighted by Gasteiger charge is 2.41. The highest BCUT2D eigenvalue weighted by atomic mass is 17.2. The van der Waals surface area contributed by atoms with Crippen molar-refractivity contribution in [2.75, 3.05) is 6.61 Å². The molecule has 3 rings (SSSR count). The van der Waals surface area contributed by atoms with Crippen LogP contribution < -0.4 is 0 Å². The van der Waals surface area contributed by atoms with Crippen molar-refractivity contribution in [1.29, 1.82) is 0 Å². The molecule has 0 bridgehead atoms. The van der Waals surface area contributed by atoms with Gasteiger partial charge in [0.05, 0.1) is 6.61 Å². The van der Waals surface area contributed by atoms with E-state index in [1.807, 2.05) is 50.2 Å². The van der Waals surface area contributed by atoms with Gasteiger partial charge in [0.15, 0.2) is 11.4 Å². The van der Waals surface area contributed by atoms with Crippen molar-refractivity contribution in [2.45, 2.75) is 31.7 Å². The number of hydrogen-bond acceptors (Lipinski definition) is 3. The van der Waals surface area contributed by atoms with Crippen molar-refractivity contribution in [1.82, 2.24) is 0 Å². The Morgan fingerprint density at radius 1 is 0.762 bits per heavy atom. The summed E-state index contributed by atoms with van der Waals surface area (Å²) in [5.41, 5.74) is 1.49. The molecule has 0 spiro atoms. The number of rotatable bonds is 2. The Balaban J connectivity index is 2.08. The standard InChI is InChI=1S/C18H20O3/c1-17(2)19-14-13-18(21-20-17,15-9-5-3-6-10-15)16-11-7-4-8-12-16/h3-12H,13-14H2,1-2H3. The molecule has 0 radical (unpaired) electrons. The van der Waals surface area contributed by atoms with Gasteiger partial charge in [0.25, 0.3) is 0 Å². The molecule has 3 nitrogen and oxygen atoms in total. The zero-order valence-electron chi connectivity index (χ0n) is 12.4. The molecule has 0 atom stereocenters. The molecular formula is C18H20O3. The van der Waals surface area contributed by atoms with E-state index >= 15 is 0 Å². The SMILES string of the molecule is CC1(C)OCCC(c2ccccc2)(c2ccccc2)OO1. The third-order valence-corrected chi connectivity index (χ3v) is 3.77. The normalized spacial score (nSPS) is 20.7. The fraction of sp³-hybridized carbons (Fsp3) is 0.333. The maximum Gasteiger partial charge on any atom is 0.195 e. The molecule has 1 saturated heterocycles. The first-order valence-electron chi connectivity index (χ1n) is 7.24. The van der Waals surface area contributed by atoms with Gasteiger partial charge in [-0.15, -0.1) is 0 Å². The first-order valence-corrected chi connectivity index (χ1v) is 7.24. The molecule has 1 heterocycles. The van der Waals surface area contributed by atoms with Crippen LogP contribution in [0.25, 0.3) is 0 Å². The fourth-order valence-corrected chi connectivity index (χ4v) is 2.64. The lowest BCUT2D eigenvalue weighted by Crippen LogP contribution is -2.33. The van der Waals surface area contributed by atoms with Crippen molar-refractivity contribution < 1.29 is 14.5 Å². The summed E-state index contributed by atoms with van der Waals surface area (Å²) >= 11 is 0. The summed E-state index contributed by atoms with van der Waals surface area (Å²) < 4.78 is 5.74. The van der Waals surface area contributed by atoms with Gasteiger partial charge >= 0.3 is 0 Å². The van der Waals surface area contributed by atoms with Crippen molar-refractivity contribution in [3.8, 4) is 0 Å². The van der Waals surface area contributed by atoms with E-state index in [-0.39, 0.29) is 0 Å². The number of benzene rings is 2. The van der Waals surface area contributed by atoms with Crippen LogP contribution in [0.2, 0.25) is 0 Å². The van der Waals surface area contributed by atoms with Gasteiger partial charge in [0.2, 0.25) is 0 Å². The largest absolute Gasteiger partial charge is 0.348 e. The lowest BCUT2D eigenvalue weighted by molar-refractivity contribution is -0.436. The molecule has 110 valence electrons. The Hall–Kier alpha value is -1.68. The van der Waals surface area contributed by atoms with Crippen molar-refractivity contribution in [3.63, 3.8) is 0 Å². The van der Waals surface area contributed by atoms with Gasteiger partial charge < -0.3 is 4.74 Å². The summed E-state index contributed by atoms with van der Waals surface area (Å²) in [7, 11) is 0. The third-order valence-electron chi connectivity index (χ3n) is 3.77. The van der Waals surface area contributed by atoms with Crippen LogP contribution in [0.1, 0.15) is 31.4 Å². The zero-order chi connectivity index (χ0) is 14.8. The van der Waals surface area contributed by atoms with Crippen LogP contribution in [0.4, 0.5) is 0 Å². The van der Waals surface area contributed by atoms with E-state index in [1.165, 1.54) is 0 Å². The smallest absolute Gasteiger partial charge is 0.195 e. The Morgan fingerprint density at radius 2 is 1.29 bits per heavy atom. The monoisotopic (exact) mass is 284 g/mol. The van der Waals surface area contributed by atoms with Crippen LogP contribution in [-0.4, -0.2) is 12.4 Å². The Kier molecular flexibility index (Phi) is 3.81. The second kappa shape index (κ2) is 5.60. The predicted molar refractivity (Wildman–Crippen MR) is 80.5 cm³/mol. The van der Waals surface area contributed by atoms with E-state index in [0.717, 1.165) is 11.1 Å². The molecule has 0 N–H and O–H groups in total. The minimum Gasteiger partial charge on any atom is -0.348 e. The van der Waals surface area contributed by atoms with Crippen LogP contribution in [0.5, 0.6) is 0 Å². The van der Waals surface area contributed by atoms with E-state index in [0.29, 0.717) is 13.0 Å². The van der Waals surface area contributed by atoms with Gasteiger partial charge in [-0.05, 0) is 25.0 Å². The lowest BCUT2D eigenvalue weighted by atomic mass is 9.84. The summed E-state index contributed by atoms with van der Waals surface area (Å²) in [5, 5.41) is 0. The summed E-state index contributed by atoms with van der Waals surface area (Å²) in [6, 6.07) is 20.3.